The second-order valence-corrected chi connectivity index (χ2v) is 7.41. The Hall–Kier alpha value is -3.00. The van der Waals surface area contributed by atoms with Gasteiger partial charge in [-0.15, -0.1) is 11.3 Å². The van der Waals surface area contributed by atoms with Crippen LogP contribution in [0.5, 0.6) is 0 Å². The van der Waals surface area contributed by atoms with Crippen LogP contribution in [0.1, 0.15) is 15.2 Å². The lowest BCUT2D eigenvalue weighted by molar-refractivity contribution is -0.0856. The normalized spacial score (nSPS) is 12.2. The lowest BCUT2D eigenvalue weighted by atomic mass is 10.0. The van der Waals surface area contributed by atoms with E-state index in [1.807, 2.05) is 60.1 Å². The molecule has 7 heteroatoms. The van der Waals surface area contributed by atoms with Gasteiger partial charge in [0.05, 0.1) is 6.04 Å². The fraction of sp³-hybridized carbons (Fsp3) is 0.143. The van der Waals surface area contributed by atoms with E-state index in [1.165, 1.54) is 11.3 Å². The number of H-pyrrole nitrogens is 1. The third kappa shape index (κ3) is 3.43. The number of rotatable bonds is 6. The summed E-state index contributed by atoms with van der Waals surface area (Å²) in [7, 11) is 0. The zero-order valence-electron chi connectivity index (χ0n) is 15.1. The van der Waals surface area contributed by atoms with E-state index in [1.54, 1.807) is 6.20 Å². The van der Waals surface area contributed by atoms with Crippen molar-refractivity contribution in [2.45, 2.75) is 12.5 Å². The zero-order valence-corrected chi connectivity index (χ0v) is 15.9. The number of amides is 1. The first-order chi connectivity index (χ1) is 13.7. The minimum atomic E-state index is -0.505. The Balaban J connectivity index is 1.63. The maximum atomic E-state index is 13.1. The van der Waals surface area contributed by atoms with Gasteiger partial charge in [-0.1, -0.05) is 30.3 Å². The van der Waals surface area contributed by atoms with Crippen molar-refractivity contribution < 1.29 is 10.0 Å². The summed E-state index contributed by atoms with van der Waals surface area (Å²) in [5, 5.41) is 14.2. The lowest BCUT2D eigenvalue weighted by Gasteiger charge is -2.25. The highest BCUT2D eigenvalue weighted by molar-refractivity contribution is 7.12. The van der Waals surface area contributed by atoms with Crippen molar-refractivity contribution in [3.8, 4) is 11.1 Å². The van der Waals surface area contributed by atoms with Gasteiger partial charge in [0.25, 0.3) is 5.91 Å². The molecule has 1 unspecified atom stereocenters. The first-order valence-corrected chi connectivity index (χ1v) is 9.83. The number of nitrogens with zero attached hydrogens (tertiary/aromatic N) is 2. The molecular formula is C21H20N4O2S. The number of hydrogen-bond donors (Lipinski definition) is 3. The topological polar surface area (TPSA) is 95.2 Å². The highest BCUT2D eigenvalue weighted by Gasteiger charge is 2.26. The van der Waals surface area contributed by atoms with Gasteiger partial charge in [-0.3, -0.25) is 10.0 Å². The van der Waals surface area contributed by atoms with Crippen LogP contribution < -0.4 is 5.73 Å². The van der Waals surface area contributed by atoms with Crippen molar-refractivity contribution in [3.63, 3.8) is 0 Å². The van der Waals surface area contributed by atoms with E-state index < -0.39 is 11.9 Å². The van der Waals surface area contributed by atoms with Gasteiger partial charge in [0.2, 0.25) is 0 Å². The van der Waals surface area contributed by atoms with Crippen molar-refractivity contribution in [2.24, 2.45) is 5.73 Å². The van der Waals surface area contributed by atoms with Crippen LogP contribution in [-0.2, 0) is 6.42 Å². The van der Waals surface area contributed by atoms with Crippen LogP contribution in [0.4, 0.5) is 0 Å². The highest BCUT2D eigenvalue weighted by atomic mass is 32.1. The Morgan fingerprint density at radius 3 is 2.79 bits per heavy atom. The van der Waals surface area contributed by atoms with Gasteiger partial charge >= 0.3 is 0 Å². The average Bonchev–Trinajstić information content (AvgIpc) is 3.38. The molecule has 0 saturated heterocycles. The molecule has 6 nitrogen and oxygen atoms in total. The first-order valence-electron chi connectivity index (χ1n) is 8.95. The number of hydrogen-bond acceptors (Lipinski definition) is 5. The monoisotopic (exact) mass is 392 g/mol. The number of carbonyl (C=O) groups excluding carboxylic acids is 1. The number of aromatic nitrogens is 2. The SMILES string of the molecule is NCC(Cc1ccccc1)N(O)C(=O)c1sccc1-c1c[nH]c2ncccc12. The molecule has 0 aliphatic heterocycles. The maximum Gasteiger partial charge on any atom is 0.288 e. The summed E-state index contributed by atoms with van der Waals surface area (Å²) in [6.07, 6.45) is 4.03. The number of pyridine rings is 1. The predicted molar refractivity (Wildman–Crippen MR) is 110 cm³/mol. The molecule has 0 spiro atoms. The standard InChI is InChI=1S/C21H20N4O2S/c22-12-15(11-14-5-2-1-3-6-14)25(27)21(26)19-16(8-10-28-19)18-13-24-20-17(18)7-4-9-23-20/h1-10,13,15,27H,11-12,22H2,(H,23,24). The second kappa shape index (κ2) is 7.93. The van der Waals surface area contributed by atoms with E-state index in [2.05, 4.69) is 9.97 Å². The van der Waals surface area contributed by atoms with E-state index in [0.717, 1.165) is 32.8 Å². The Morgan fingerprint density at radius 2 is 2.00 bits per heavy atom. The number of carbonyl (C=O) groups is 1. The van der Waals surface area contributed by atoms with Crippen LogP contribution >= 0.6 is 11.3 Å². The predicted octanol–water partition coefficient (Wildman–Crippen LogP) is 3.69. The molecule has 3 aromatic heterocycles. The van der Waals surface area contributed by atoms with Gasteiger partial charge < -0.3 is 10.7 Å². The van der Waals surface area contributed by atoms with E-state index in [0.29, 0.717) is 11.3 Å². The quantitative estimate of drug-likeness (QED) is 0.344. The second-order valence-electron chi connectivity index (χ2n) is 6.49. The van der Waals surface area contributed by atoms with E-state index in [-0.39, 0.29) is 6.54 Å². The van der Waals surface area contributed by atoms with Gasteiger partial charge in [-0.05, 0) is 35.6 Å². The molecule has 28 heavy (non-hydrogen) atoms. The molecule has 1 atom stereocenters. The number of hydroxylamine groups is 2. The van der Waals surface area contributed by atoms with Crippen molar-refractivity contribution in [2.75, 3.05) is 6.54 Å². The van der Waals surface area contributed by atoms with E-state index in [4.69, 9.17) is 5.73 Å². The molecule has 1 aromatic carbocycles. The third-order valence-corrected chi connectivity index (χ3v) is 5.64. The van der Waals surface area contributed by atoms with Gasteiger partial charge in [0, 0.05) is 35.5 Å². The van der Waals surface area contributed by atoms with E-state index in [9.17, 15) is 10.0 Å². The summed E-state index contributed by atoms with van der Waals surface area (Å²) >= 11 is 1.30. The molecular weight excluding hydrogens is 372 g/mol. The Morgan fingerprint density at radius 1 is 1.18 bits per heavy atom. The summed E-state index contributed by atoms with van der Waals surface area (Å²) in [4.78, 5) is 20.9. The number of nitrogens with two attached hydrogens (primary N) is 1. The lowest BCUT2D eigenvalue weighted by Crippen LogP contribution is -2.43. The van der Waals surface area contributed by atoms with Crippen LogP contribution in [0, 0.1) is 0 Å². The fourth-order valence-corrected chi connectivity index (χ4v) is 4.13. The Labute approximate surface area is 166 Å². The molecule has 4 rings (SSSR count). The Kier molecular flexibility index (Phi) is 5.21. The van der Waals surface area contributed by atoms with Crippen LogP contribution in [-0.4, -0.2) is 38.7 Å². The molecule has 0 radical (unpaired) electrons. The maximum absolute atomic E-state index is 13.1. The Bertz CT molecular complexity index is 1090. The van der Waals surface area contributed by atoms with Crippen molar-refractivity contribution in [1.29, 1.82) is 0 Å². The molecule has 1 amide bonds. The van der Waals surface area contributed by atoms with Crippen LogP contribution in [0.3, 0.4) is 0 Å². The highest BCUT2D eigenvalue weighted by Crippen LogP contribution is 2.34. The third-order valence-electron chi connectivity index (χ3n) is 4.74. The molecule has 0 bridgehead atoms. The first kappa shape index (κ1) is 18.4. The number of aromatic amines is 1. The summed E-state index contributed by atoms with van der Waals surface area (Å²) < 4.78 is 0. The van der Waals surface area contributed by atoms with E-state index >= 15 is 0 Å². The molecule has 4 N–H and O–H groups in total. The van der Waals surface area contributed by atoms with Crippen LogP contribution in [0.15, 0.2) is 66.3 Å². The largest absolute Gasteiger partial charge is 0.346 e. The average molecular weight is 392 g/mol. The summed E-state index contributed by atoms with van der Waals surface area (Å²) in [5.41, 5.74) is 9.28. The van der Waals surface area contributed by atoms with Gasteiger partial charge in [-0.2, -0.15) is 0 Å². The zero-order chi connectivity index (χ0) is 19.5. The molecule has 0 fully saturated rings. The van der Waals surface area contributed by atoms with Crippen molar-refractivity contribution in [3.05, 3.63) is 76.7 Å². The molecule has 142 valence electrons. The number of thiophene rings is 1. The number of fused-ring (bicyclic) bond motifs is 1. The molecule has 4 aromatic rings. The van der Waals surface area contributed by atoms with Crippen molar-refractivity contribution >= 4 is 28.3 Å². The van der Waals surface area contributed by atoms with Crippen LogP contribution in [0.2, 0.25) is 0 Å². The minimum absolute atomic E-state index is 0.162. The summed E-state index contributed by atoms with van der Waals surface area (Å²) in [5.74, 6) is -0.449. The molecule has 0 aliphatic rings. The summed E-state index contributed by atoms with van der Waals surface area (Å²) in [6, 6.07) is 14.9. The molecule has 0 aliphatic carbocycles. The number of benzene rings is 1. The minimum Gasteiger partial charge on any atom is -0.346 e. The van der Waals surface area contributed by atoms with Gasteiger partial charge in [0.15, 0.2) is 0 Å². The molecule has 3 heterocycles. The molecule has 0 saturated carbocycles. The smallest absolute Gasteiger partial charge is 0.288 e. The van der Waals surface area contributed by atoms with Crippen molar-refractivity contribution in [1.82, 2.24) is 15.0 Å². The van der Waals surface area contributed by atoms with Crippen LogP contribution in [0.25, 0.3) is 22.2 Å². The fourth-order valence-electron chi connectivity index (χ4n) is 3.29. The number of nitrogens with one attached hydrogen (secondary N) is 1. The summed E-state index contributed by atoms with van der Waals surface area (Å²) in [6.45, 7) is 0.162. The van der Waals surface area contributed by atoms with Gasteiger partial charge in [-0.25, -0.2) is 10.0 Å². The van der Waals surface area contributed by atoms with Gasteiger partial charge in [0.1, 0.15) is 10.5 Å².